The van der Waals surface area contributed by atoms with Crippen LogP contribution in [0.3, 0.4) is 0 Å². The molecule has 1 N–H and O–H groups in total. The molecule has 0 aliphatic rings. The van der Waals surface area contributed by atoms with E-state index in [-0.39, 0.29) is 12.1 Å². The fourth-order valence-electron chi connectivity index (χ4n) is 1.72. The van der Waals surface area contributed by atoms with E-state index in [1.807, 2.05) is 0 Å². The van der Waals surface area contributed by atoms with Crippen LogP contribution in [0.1, 0.15) is 15.9 Å². The Bertz CT molecular complexity index is 612. The number of ether oxygens (including phenoxy) is 1. The molecule has 0 saturated heterocycles. The van der Waals surface area contributed by atoms with Gasteiger partial charge in [0, 0.05) is 17.8 Å². The number of benzene rings is 2. The molecule has 2 aromatic carbocycles. The van der Waals surface area contributed by atoms with Crippen LogP contribution in [0.4, 0.5) is 14.5 Å². The van der Waals surface area contributed by atoms with E-state index >= 15 is 0 Å². The quantitative estimate of drug-likeness (QED) is 0.871. The van der Waals surface area contributed by atoms with E-state index in [1.54, 1.807) is 24.3 Å². The number of carbonyl (C=O) groups excluding carboxylic acids is 1. The first-order valence-electron chi connectivity index (χ1n) is 5.97. The van der Waals surface area contributed by atoms with Crippen LogP contribution in [0.15, 0.2) is 42.5 Å². The second kappa shape index (κ2) is 6.14. The lowest BCUT2D eigenvalue weighted by Gasteiger charge is -2.08. The highest BCUT2D eigenvalue weighted by atomic mass is 19.2. The summed E-state index contributed by atoms with van der Waals surface area (Å²) in [5.74, 6) is -2.15. The molecule has 0 fully saturated rings. The molecule has 0 aliphatic carbocycles. The molecule has 20 heavy (non-hydrogen) atoms. The molecular weight excluding hydrogens is 264 g/mol. The van der Waals surface area contributed by atoms with Crippen LogP contribution in [0.5, 0.6) is 0 Å². The van der Waals surface area contributed by atoms with Crippen molar-refractivity contribution in [3.05, 3.63) is 65.2 Å². The summed E-state index contributed by atoms with van der Waals surface area (Å²) in [6.45, 7) is 0.154. The van der Waals surface area contributed by atoms with Gasteiger partial charge in [-0.1, -0.05) is 12.1 Å². The smallest absolute Gasteiger partial charge is 0.337 e. The molecule has 104 valence electrons. The minimum Gasteiger partial charge on any atom is -0.465 e. The Kier molecular flexibility index (Phi) is 4.30. The van der Waals surface area contributed by atoms with Gasteiger partial charge in [-0.2, -0.15) is 0 Å². The molecule has 2 rings (SSSR count). The van der Waals surface area contributed by atoms with Gasteiger partial charge in [0.05, 0.1) is 12.7 Å². The van der Waals surface area contributed by atoms with E-state index < -0.39 is 17.6 Å². The van der Waals surface area contributed by atoms with E-state index in [1.165, 1.54) is 19.2 Å². The van der Waals surface area contributed by atoms with Crippen LogP contribution in [0.2, 0.25) is 0 Å². The third-order valence-corrected chi connectivity index (χ3v) is 2.82. The van der Waals surface area contributed by atoms with Gasteiger partial charge < -0.3 is 10.1 Å². The molecule has 3 nitrogen and oxygen atoms in total. The number of esters is 1. The fourth-order valence-corrected chi connectivity index (χ4v) is 1.72. The highest BCUT2D eigenvalue weighted by Crippen LogP contribution is 2.15. The third-order valence-electron chi connectivity index (χ3n) is 2.82. The summed E-state index contributed by atoms with van der Waals surface area (Å²) in [4.78, 5) is 11.3. The number of nitrogens with one attached hydrogen (secondary N) is 1. The maximum Gasteiger partial charge on any atom is 0.337 e. The molecule has 5 heteroatoms. The van der Waals surface area contributed by atoms with Gasteiger partial charge in [0.2, 0.25) is 0 Å². The number of hydrogen-bond acceptors (Lipinski definition) is 3. The fraction of sp³-hybridized carbons (Fsp3) is 0.133. The van der Waals surface area contributed by atoms with Crippen molar-refractivity contribution in [1.82, 2.24) is 0 Å². The lowest BCUT2D eigenvalue weighted by molar-refractivity contribution is 0.0601. The van der Waals surface area contributed by atoms with Crippen molar-refractivity contribution in [1.29, 1.82) is 0 Å². The molecule has 0 aliphatic heterocycles. The summed E-state index contributed by atoms with van der Waals surface area (Å²) in [5, 5.41) is 2.95. The molecule has 0 atom stereocenters. The Morgan fingerprint density at radius 3 is 2.50 bits per heavy atom. The van der Waals surface area contributed by atoms with Crippen LogP contribution in [0, 0.1) is 11.6 Å². The Hall–Kier alpha value is -2.43. The van der Waals surface area contributed by atoms with Crippen molar-refractivity contribution in [3.63, 3.8) is 0 Å². The minimum atomic E-state index is -0.870. The van der Waals surface area contributed by atoms with Gasteiger partial charge in [-0.05, 0) is 30.3 Å². The molecule has 0 aromatic heterocycles. The summed E-state index contributed by atoms with van der Waals surface area (Å²) >= 11 is 0. The molecule has 0 saturated carbocycles. The van der Waals surface area contributed by atoms with Crippen LogP contribution in [-0.2, 0) is 11.3 Å². The van der Waals surface area contributed by atoms with Gasteiger partial charge in [0.15, 0.2) is 11.6 Å². The molecule has 0 heterocycles. The van der Waals surface area contributed by atoms with Crippen molar-refractivity contribution >= 4 is 11.7 Å². The zero-order valence-corrected chi connectivity index (χ0v) is 10.8. The minimum absolute atomic E-state index is 0.154. The number of methoxy groups -OCH3 is 1. The second-order valence-electron chi connectivity index (χ2n) is 4.14. The lowest BCUT2D eigenvalue weighted by Crippen LogP contribution is -2.04. The van der Waals surface area contributed by atoms with Gasteiger partial charge in [0.1, 0.15) is 0 Å². The molecule has 0 radical (unpaired) electrons. The number of hydrogen-bond donors (Lipinski definition) is 1. The molecule has 0 spiro atoms. The largest absolute Gasteiger partial charge is 0.465 e. The number of carbonyl (C=O) groups is 1. The standard InChI is InChI=1S/C15H13F2NO2/c1-20-15(19)10-5-7-12(8-6-10)18-9-11-3-2-4-13(16)14(11)17/h2-8,18H,9H2,1H3. The van der Waals surface area contributed by atoms with Crippen molar-refractivity contribution in [2.24, 2.45) is 0 Å². The number of halogens is 2. The highest BCUT2D eigenvalue weighted by Gasteiger charge is 2.08. The Morgan fingerprint density at radius 1 is 1.15 bits per heavy atom. The zero-order chi connectivity index (χ0) is 14.5. The molecule has 2 aromatic rings. The normalized spacial score (nSPS) is 10.2. The van der Waals surface area contributed by atoms with E-state index in [2.05, 4.69) is 10.1 Å². The summed E-state index contributed by atoms with van der Waals surface area (Å²) in [6.07, 6.45) is 0. The zero-order valence-electron chi connectivity index (χ0n) is 10.8. The van der Waals surface area contributed by atoms with Gasteiger partial charge in [-0.25, -0.2) is 13.6 Å². The molecule has 0 bridgehead atoms. The summed E-state index contributed by atoms with van der Waals surface area (Å²) in [7, 11) is 1.31. The predicted octanol–water partition coefficient (Wildman–Crippen LogP) is 3.36. The SMILES string of the molecule is COC(=O)c1ccc(NCc2cccc(F)c2F)cc1. The van der Waals surface area contributed by atoms with Gasteiger partial charge in [-0.3, -0.25) is 0 Å². The van der Waals surface area contributed by atoms with Crippen LogP contribution in [-0.4, -0.2) is 13.1 Å². The van der Waals surface area contributed by atoms with E-state index in [9.17, 15) is 13.6 Å². The first-order valence-corrected chi connectivity index (χ1v) is 5.97. The van der Waals surface area contributed by atoms with Crippen LogP contribution < -0.4 is 5.32 Å². The second-order valence-corrected chi connectivity index (χ2v) is 4.14. The van der Waals surface area contributed by atoms with Crippen molar-refractivity contribution in [2.45, 2.75) is 6.54 Å². The van der Waals surface area contributed by atoms with Crippen LogP contribution >= 0.6 is 0 Å². The average molecular weight is 277 g/mol. The Labute approximate surface area is 115 Å². The highest BCUT2D eigenvalue weighted by molar-refractivity contribution is 5.89. The number of anilines is 1. The van der Waals surface area contributed by atoms with Crippen molar-refractivity contribution in [2.75, 3.05) is 12.4 Å². The van der Waals surface area contributed by atoms with Crippen LogP contribution in [0.25, 0.3) is 0 Å². The summed E-state index contributed by atoms with van der Waals surface area (Å²) in [6, 6.07) is 10.6. The van der Waals surface area contributed by atoms with Gasteiger partial charge >= 0.3 is 5.97 Å². The van der Waals surface area contributed by atoms with E-state index in [4.69, 9.17) is 0 Å². The monoisotopic (exact) mass is 277 g/mol. The first kappa shape index (κ1) is 14.0. The average Bonchev–Trinajstić information content (AvgIpc) is 2.48. The topological polar surface area (TPSA) is 38.3 Å². The van der Waals surface area contributed by atoms with Crippen molar-refractivity contribution in [3.8, 4) is 0 Å². The maximum absolute atomic E-state index is 13.4. The van der Waals surface area contributed by atoms with Gasteiger partial charge in [-0.15, -0.1) is 0 Å². The summed E-state index contributed by atoms with van der Waals surface area (Å²) in [5.41, 5.74) is 1.36. The Morgan fingerprint density at radius 2 is 1.85 bits per heavy atom. The molecular formula is C15H13F2NO2. The maximum atomic E-state index is 13.4. The van der Waals surface area contributed by atoms with Crippen molar-refractivity contribution < 1.29 is 18.3 Å². The molecule has 0 unspecified atom stereocenters. The molecule has 0 amide bonds. The Balaban J connectivity index is 2.04. The van der Waals surface area contributed by atoms with E-state index in [0.29, 0.717) is 11.3 Å². The third kappa shape index (κ3) is 3.12. The lowest BCUT2D eigenvalue weighted by atomic mass is 10.2. The van der Waals surface area contributed by atoms with E-state index in [0.717, 1.165) is 6.07 Å². The van der Waals surface area contributed by atoms with Gasteiger partial charge in [0.25, 0.3) is 0 Å². The number of rotatable bonds is 4. The first-order chi connectivity index (χ1) is 9.61. The predicted molar refractivity (Wildman–Crippen MR) is 71.5 cm³/mol. The summed E-state index contributed by atoms with van der Waals surface area (Å²) < 4.78 is 31.1.